The van der Waals surface area contributed by atoms with Crippen LogP contribution in [0.5, 0.6) is 0 Å². The Balaban J connectivity index is 1.75. The van der Waals surface area contributed by atoms with Gasteiger partial charge in [0.2, 0.25) is 0 Å². The lowest BCUT2D eigenvalue weighted by molar-refractivity contribution is -0.0997. The minimum Gasteiger partial charge on any atom is -0.501 e. The molecule has 1 aromatic carbocycles. The van der Waals surface area contributed by atoms with Crippen LogP contribution in [-0.2, 0) is 25.6 Å². The van der Waals surface area contributed by atoms with Gasteiger partial charge in [-0.05, 0) is 36.5 Å². The van der Waals surface area contributed by atoms with Gasteiger partial charge in [0.15, 0.2) is 5.79 Å². The van der Waals surface area contributed by atoms with E-state index in [-0.39, 0.29) is 5.41 Å². The van der Waals surface area contributed by atoms with Gasteiger partial charge in [0.25, 0.3) is 0 Å². The van der Waals surface area contributed by atoms with Crippen molar-refractivity contribution in [2.24, 2.45) is 11.3 Å². The van der Waals surface area contributed by atoms with Gasteiger partial charge in [-0.2, -0.15) is 0 Å². The predicted octanol–water partition coefficient (Wildman–Crippen LogP) is 5.03. The quantitative estimate of drug-likeness (QED) is 0.590. The average molecular weight is 385 g/mol. The molecule has 2 atom stereocenters. The predicted molar refractivity (Wildman–Crippen MR) is 111 cm³/mol. The highest BCUT2D eigenvalue weighted by Gasteiger charge is 2.40. The Kier molecular flexibility index (Phi) is 6.76. The lowest BCUT2D eigenvalue weighted by Crippen LogP contribution is -2.35. The first-order valence-electron chi connectivity index (χ1n) is 10.0. The van der Waals surface area contributed by atoms with Crippen LogP contribution in [0.15, 0.2) is 66.5 Å². The summed E-state index contributed by atoms with van der Waals surface area (Å²) in [6.45, 7) is 10.8. The minimum absolute atomic E-state index is 0.244. The van der Waals surface area contributed by atoms with E-state index in [0.29, 0.717) is 32.3 Å². The van der Waals surface area contributed by atoms with Crippen molar-refractivity contribution in [3.63, 3.8) is 0 Å². The molecule has 1 fully saturated rings. The summed E-state index contributed by atoms with van der Waals surface area (Å²) in [7, 11) is 1.74. The zero-order valence-electron chi connectivity index (χ0n) is 17.3. The molecule has 4 nitrogen and oxygen atoms in total. The van der Waals surface area contributed by atoms with Gasteiger partial charge in [-0.1, -0.05) is 49.4 Å². The third kappa shape index (κ3) is 4.57. The molecule has 1 saturated heterocycles. The largest absolute Gasteiger partial charge is 0.501 e. The average Bonchev–Trinajstić information content (AvgIpc) is 3.15. The highest BCUT2D eigenvalue weighted by atomic mass is 16.7. The third-order valence-electron chi connectivity index (χ3n) is 5.96. The highest BCUT2D eigenvalue weighted by Crippen LogP contribution is 2.47. The van der Waals surface area contributed by atoms with Gasteiger partial charge in [-0.25, -0.2) is 0 Å². The SMILES string of the molecule is C=C[C@]1(C)C(/C=C/C2(C)OCCO2)=C(OC)CC[C@H]1COCc1ccccc1. The van der Waals surface area contributed by atoms with Crippen molar-refractivity contribution in [2.75, 3.05) is 26.9 Å². The van der Waals surface area contributed by atoms with Crippen LogP contribution in [0.1, 0.15) is 32.3 Å². The summed E-state index contributed by atoms with van der Waals surface area (Å²) in [5, 5.41) is 0. The van der Waals surface area contributed by atoms with Crippen LogP contribution in [0.25, 0.3) is 0 Å². The first-order valence-corrected chi connectivity index (χ1v) is 10.0. The van der Waals surface area contributed by atoms with Gasteiger partial charge in [-0.3, -0.25) is 0 Å². The summed E-state index contributed by atoms with van der Waals surface area (Å²) in [6, 6.07) is 10.3. The van der Waals surface area contributed by atoms with Crippen LogP contribution < -0.4 is 0 Å². The Labute approximate surface area is 168 Å². The number of benzene rings is 1. The molecule has 1 aromatic rings. The first-order chi connectivity index (χ1) is 13.5. The van der Waals surface area contributed by atoms with E-state index in [1.807, 2.05) is 37.3 Å². The number of hydrogen-bond acceptors (Lipinski definition) is 4. The highest BCUT2D eigenvalue weighted by molar-refractivity contribution is 5.37. The topological polar surface area (TPSA) is 36.9 Å². The molecule has 3 rings (SSSR count). The summed E-state index contributed by atoms with van der Waals surface area (Å²) >= 11 is 0. The number of rotatable bonds is 8. The van der Waals surface area contributed by atoms with Gasteiger partial charge < -0.3 is 18.9 Å². The van der Waals surface area contributed by atoms with Gasteiger partial charge in [0.1, 0.15) is 0 Å². The molecule has 152 valence electrons. The maximum Gasteiger partial charge on any atom is 0.185 e. The molecule has 0 unspecified atom stereocenters. The smallest absolute Gasteiger partial charge is 0.185 e. The molecule has 1 heterocycles. The molecule has 4 heteroatoms. The molecule has 0 aromatic heterocycles. The second-order valence-electron chi connectivity index (χ2n) is 7.81. The molecule has 28 heavy (non-hydrogen) atoms. The number of ether oxygens (including phenoxy) is 4. The van der Waals surface area contributed by atoms with Crippen molar-refractivity contribution in [3.05, 3.63) is 72.0 Å². The van der Waals surface area contributed by atoms with Crippen LogP contribution in [0.4, 0.5) is 0 Å². The minimum atomic E-state index is -0.676. The second-order valence-corrected chi connectivity index (χ2v) is 7.81. The van der Waals surface area contributed by atoms with E-state index in [9.17, 15) is 0 Å². The van der Waals surface area contributed by atoms with Crippen molar-refractivity contribution in [2.45, 2.75) is 39.1 Å². The Morgan fingerprint density at radius 1 is 1.18 bits per heavy atom. The zero-order valence-corrected chi connectivity index (χ0v) is 17.3. The fraction of sp³-hybridized carbons (Fsp3) is 0.500. The van der Waals surface area contributed by atoms with Gasteiger partial charge in [-0.15, -0.1) is 6.58 Å². The molecule has 0 N–H and O–H groups in total. The van der Waals surface area contributed by atoms with Gasteiger partial charge in [0.05, 0.1) is 39.3 Å². The summed E-state index contributed by atoms with van der Waals surface area (Å²) in [6.07, 6.45) is 8.00. The van der Waals surface area contributed by atoms with E-state index in [1.165, 1.54) is 5.56 Å². The van der Waals surface area contributed by atoms with E-state index in [2.05, 4.69) is 31.7 Å². The van der Waals surface area contributed by atoms with E-state index >= 15 is 0 Å². The van der Waals surface area contributed by atoms with Gasteiger partial charge >= 0.3 is 0 Å². The fourth-order valence-corrected chi connectivity index (χ4v) is 4.03. The van der Waals surface area contributed by atoms with Crippen molar-refractivity contribution in [1.82, 2.24) is 0 Å². The molecule has 1 aliphatic heterocycles. The van der Waals surface area contributed by atoms with Crippen molar-refractivity contribution in [3.8, 4) is 0 Å². The van der Waals surface area contributed by atoms with Crippen LogP contribution in [-0.4, -0.2) is 32.7 Å². The van der Waals surface area contributed by atoms with E-state index < -0.39 is 5.79 Å². The number of hydrogen-bond donors (Lipinski definition) is 0. The fourth-order valence-electron chi connectivity index (χ4n) is 4.03. The molecule has 2 aliphatic rings. The van der Waals surface area contributed by atoms with E-state index in [1.54, 1.807) is 7.11 Å². The second kappa shape index (κ2) is 9.08. The molecule has 0 bridgehead atoms. The van der Waals surface area contributed by atoms with Crippen molar-refractivity contribution in [1.29, 1.82) is 0 Å². The zero-order chi connectivity index (χ0) is 20.0. The Bertz CT molecular complexity index is 715. The molecular weight excluding hydrogens is 352 g/mol. The summed E-state index contributed by atoms with van der Waals surface area (Å²) in [5.41, 5.74) is 2.08. The van der Waals surface area contributed by atoms with E-state index in [4.69, 9.17) is 18.9 Å². The van der Waals surface area contributed by atoms with Crippen LogP contribution in [0, 0.1) is 11.3 Å². The first kappa shape index (κ1) is 20.8. The standard InChI is InChI=1S/C24H32O4/c1-5-23(2)20(18-26-17-19-9-7-6-8-10-19)11-12-22(25-4)21(23)13-14-24(3)27-15-16-28-24/h5-10,13-14,20H,1,11-12,15-18H2,2-4H3/b14-13+/t20-,23-/m0/s1. The maximum absolute atomic E-state index is 6.09. The molecule has 0 saturated carbocycles. The van der Waals surface area contributed by atoms with Crippen LogP contribution in [0.3, 0.4) is 0 Å². The summed E-state index contributed by atoms with van der Waals surface area (Å²) in [5.74, 6) is 0.648. The molecule has 1 aliphatic carbocycles. The molecular formula is C24H32O4. The van der Waals surface area contributed by atoms with Gasteiger partial charge in [0, 0.05) is 11.8 Å². The van der Waals surface area contributed by atoms with Crippen LogP contribution in [0.2, 0.25) is 0 Å². The molecule has 0 radical (unpaired) electrons. The number of methoxy groups -OCH3 is 1. The number of allylic oxidation sites excluding steroid dienone is 4. The molecule has 0 spiro atoms. The summed E-state index contributed by atoms with van der Waals surface area (Å²) in [4.78, 5) is 0. The Morgan fingerprint density at radius 2 is 1.89 bits per heavy atom. The lowest BCUT2D eigenvalue weighted by atomic mass is 9.66. The Morgan fingerprint density at radius 3 is 2.54 bits per heavy atom. The van der Waals surface area contributed by atoms with Crippen molar-refractivity contribution >= 4 is 0 Å². The molecule has 0 amide bonds. The monoisotopic (exact) mass is 384 g/mol. The maximum atomic E-state index is 6.09. The normalized spacial score (nSPS) is 27.3. The third-order valence-corrected chi connectivity index (χ3v) is 5.96. The summed E-state index contributed by atoms with van der Waals surface area (Å²) < 4.78 is 23.3. The lowest BCUT2D eigenvalue weighted by Gasteiger charge is -2.41. The van der Waals surface area contributed by atoms with Crippen molar-refractivity contribution < 1.29 is 18.9 Å². The van der Waals surface area contributed by atoms with E-state index in [0.717, 1.165) is 24.2 Å². The van der Waals surface area contributed by atoms with Crippen LogP contribution >= 0.6 is 0 Å². The Hall–Kier alpha value is -1.88.